The molecule has 0 aliphatic carbocycles. The van der Waals surface area contributed by atoms with E-state index in [1.807, 2.05) is 30.3 Å². The molecule has 1 atom stereocenters. The van der Waals surface area contributed by atoms with E-state index in [9.17, 15) is 13.2 Å². The summed E-state index contributed by atoms with van der Waals surface area (Å²) in [6.07, 6.45) is 0.489. The fourth-order valence-corrected chi connectivity index (χ4v) is 2.93. The van der Waals surface area contributed by atoms with Crippen molar-refractivity contribution in [2.75, 3.05) is 24.7 Å². The Kier molecular flexibility index (Phi) is 6.26. The van der Waals surface area contributed by atoms with E-state index >= 15 is 0 Å². The summed E-state index contributed by atoms with van der Waals surface area (Å²) in [5.41, 5.74) is 1.57. The van der Waals surface area contributed by atoms with Gasteiger partial charge in [0.05, 0.1) is 11.9 Å². The number of carbonyl (C=O) groups is 1. The summed E-state index contributed by atoms with van der Waals surface area (Å²) in [5.74, 6) is 0.371. The molecule has 26 heavy (non-hydrogen) atoms. The van der Waals surface area contributed by atoms with Gasteiger partial charge in [-0.2, -0.15) is 0 Å². The van der Waals surface area contributed by atoms with Gasteiger partial charge in [0, 0.05) is 20.6 Å². The number of rotatable bonds is 7. The van der Waals surface area contributed by atoms with E-state index in [-0.39, 0.29) is 5.91 Å². The Labute approximate surface area is 155 Å². The summed E-state index contributed by atoms with van der Waals surface area (Å²) in [7, 11) is -0.0970. The van der Waals surface area contributed by atoms with Gasteiger partial charge in [0.15, 0.2) is 6.10 Å². The molecule has 0 N–H and O–H groups in total. The fourth-order valence-electron chi connectivity index (χ4n) is 2.43. The Morgan fingerprint density at radius 1 is 1.04 bits per heavy atom. The first-order chi connectivity index (χ1) is 12.2. The number of amides is 1. The molecule has 140 valence electrons. The maximum Gasteiger partial charge on any atom is 0.263 e. The van der Waals surface area contributed by atoms with Crippen LogP contribution >= 0.6 is 0 Å². The number of sulfonamides is 1. The predicted octanol–water partition coefficient (Wildman–Crippen LogP) is 2.51. The Balaban J connectivity index is 1.98. The molecule has 1 amide bonds. The largest absolute Gasteiger partial charge is 0.481 e. The van der Waals surface area contributed by atoms with Gasteiger partial charge in [-0.3, -0.25) is 9.10 Å². The minimum atomic E-state index is -3.31. The average Bonchev–Trinajstić information content (AvgIpc) is 2.61. The highest BCUT2D eigenvalue weighted by atomic mass is 32.2. The van der Waals surface area contributed by atoms with Crippen LogP contribution in [-0.4, -0.2) is 45.7 Å². The summed E-state index contributed by atoms with van der Waals surface area (Å²) < 4.78 is 30.0. The maximum absolute atomic E-state index is 12.5. The van der Waals surface area contributed by atoms with E-state index in [4.69, 9.17) is 4.74 Å². The summed E-state index contributed by atoms with van der Waals surface area (Å²) in [5, 5.41) is 0. The van der Waals surface area contributed by atoms with Gasteiger partial charge in [-0.15, -0.1) is 0 Å². The molecular weight excluding hydrogens is 352 g/mol. The van der Waals surface area contributed by atoms with E-state index < -0.39 is 16.1 Å². The summed E-state index contributed by atoms with van der Waals surface area (Å²) in [6, 6.07) is 16.3. The molecule has 0 saturated heterocycles. The lowest BCUT2D eigenvalue weighted by Gasteiger charge is -2.22. The monoisotopic (exact) mass is 376 g/mol. The minimum absolute atomic E-state index is 0.133. The third-order valence-corrected chi connectivity index (χ3v) is 5.20. The van der Waals surface area contributed by atoms with Gasteiger partial charge in [0.2, 0.25) is 10.0 Å². The highest BCUT2D eigenvalue weighted by Gasteiger charge is 2.19. The Morgan fingerprint density at radius 2 is 1.62 bits per heavy atom. The van der Waals surface area contributed by atoms with Gasteiger partial charge in [0.1, 0.15) is 5.75 Å². The van der Waals surface area contributed by atoms with Crippen molar-refractivity contribution < 1.29 is 17.9 Å². The summed E-state index contributed by atoms with van der Waals surface area (Å²) in [6.45, 7) is 2.20. The van der Waals surface area contributed by atoms with Crippen LogP contribution in [0.2, 0.25) is 0 Å². The van der Waals surface area contributed by atoms with Crippen LogP contribution in [0.15, 0.2) is 54.6 Å². The summed E-state index contributed by atoms with van der Waals surface area (Å²) in [4.78, 5) is 14.1. The number of benzene rings is 2. The third-order valence-electron chi connectivity index (χ3n) is 4.00. The molecule has 0 bridgehead atoms. The molecular formula is C19H24N2O4S. The predicted molar refractivity (Wildman–Crippen MR) is 103 cm³/mol. The zero-order valence-electron chi connectivity index (χ0n) is 15.4. The molecule has 0 spiro atoms. The van der Waals surface area contributed by atoms with E-state index in [2.05, 4.69) is 0 Å². The van der Waals surface area contributed by atoms with E-state index in [0.29, 0.717) is 18.0 Å². The molecule has 6 nitrogen and oxygen atoms in total. The van der Waals surface area contributed by atoms with Crippen LogP contribution in [0.4, 0.5) is 5.69 Å². The Hall–Kier alpha value is -2.54. The topological polar surface area (TPSA) is 66.9 Å². The first-order valence-corrected chi connectivity index (χ1v) is 10.0. The number of ether oxygens (including phenoxy) is 1. The molecule has 7 heteroatoms. The lowest BCUT2D eigenvalue weighted by molar-refractivity contribution is -0.137. The number of nitrogens with zero attached hydrogens (tertiary/aromatic N) is 2. The molecule has 2 aromatic rings. The number of carbonyl (C=O) groups excluding carboxylic acids is 1. The van der Waals surface area contributed by atoms with Crippen LogP contribution in [0.3, 0.4) is 0 Å². The smallest absolute Gasteiger partial charge is 0.263 e. The van der Waals surface area contributed by atoms with Crippen LogP contribution in [-0.2, 0) is 21.4 Å². The van der Waals surface area contributed by atoms with E-state index in [1.165, 1.54) is 11.4 Å². The molecule has 0 fully saturated rings. The first kappa shape index (κ1) is 19.8. The van der Waals surface area contributed by atoms with Gasteiger partial charge < -0.3 is 9.64 Å². The van der Waals surface area contributed by atoms with Crippen molar-refractivity contribution in [3.63, 3.8) is 0 Å². The molecule has 2 aromatic carbocycles. The molecule has 0 heterocycles. The van der Waals surface area contributed by atoms with Crippen LogP contribution in [0.1, 0.15) is 12.5 Å². The highest BCUT2D eigenvalue weighted by molar-refractivity contribution is 7.92. The van der Waals surface area contributed by atoms with E-state index in [1.54, 1.807) is 43.1 Å². The normalized spacial score (nSPS) is 12.3. The molecule has 0 aliphatic heterocycles. The van der Waals surface area contributed by atoms with Crippen molar-refractivity contribution in [2.24, 2.45) is 0 Å². The fraction of sp³-hybridized carbons (Fsp3) is 0.316. The number of hydrogen-bond acceptors (Lipinski definition) is 4. The van der Waals surface area contributed by atoms with Crippen molar-refractivity contribution >= 4 is 21.6 Å². The summed E-state index contributed by atoms with van der Waals surface area (Å²) >= 11 is 0. The zero-order valence-corrected chi connectivity index (χ0v) is 16.2. The van der Waals surface area contributed by atoms with Gasteiger partial charge in [-0.25, -0.2) is 8.42 Å². The van der Waals surface area contributed by atoms with Crippen molar-refractivity contribution in [3.8, 4) is 5.75 Å². The van der Waals surface area contributed by atoms with Gasteiger partial charge in [0.25, 0.3) is 5.91 Å². The molecule has 0 aliphatic rings. The SMILES string of the molecule is C[C@@H](Oc1ccc(N(C)S(C)(=O)=O)cc1)C(=O)N(C)Cc1ccccc1. The van der Waals surface area contributed by atoms with E-state index in [0.717, 1.165) is 11.8 Å². The lowest BCUT2D eigenvalue weighted by atomic mass is 10.2. The molecule has 0 aromatic heterocycles. The average molecular weight is 376 g/mol. The standard InChI is InChI=1S/C19H24N2O4S/c1-15(19(22)20(2)14-16-8-6-5-7-9-16)25-18-12-10-17(11-13-18)21(3)26(4,23)24/h5-13,15H,14H2,1-4H3/t15-/m1/s1. The Morgan fingerprint density at radius 3 is 2.15 bits per heavy atom. The van der Waals surface area contributed by atoms with Crippen molar-refractivity contribution in [1.82, 2.24) is 4.90 Å². The molecule has 2 rings (SSSR count). The molecule has 0 unspecified atom stereocenters. The second-order valence-electron chi connectivity index (χ2n) is 6.16. The van der Waals surface area contributed by atoms with Crippen molar-refractivity contribution in [1.29, 1.82) is 0 Å². The van der Waals surface area contributed by atoms with Crippen LogP contribution in [0.25, 0.3) is 0 Å². The van der Waals surface area contributed by atoms with Crippen molar-refractivity contribution in [3.05, 3.63) is 60.2 Å². The number of likely N-dealkylation sites (N-methyl/N-ethyl adjacent to an activating group) is 1. The second kappa shape index (κ2) is 8.23. The maximum atomic E-state index is 12.5. The lowest BCUT2D eigenvalue weighted by Crippen LogP contribution is -2.37. The Bertz CT molecular complexity index is 836. The third kappa shape index (κ3) is 5.23. The quantitative estimate of drug-likeness (QED) is 0.745. The van der Waals surface area contributed by atoms with Crippen LogP contribution in [0.5, 0.6) is 5.75 Å². The zero-order chi connectivity index (χ0) is 19.3. The highest BCUT2D eigenvalue weighted by Crippen LogP contribution is 2.21. The number of anilines is 1. The van der Waals surface area contributed by atoms with Crippen LogP contribution in [0, 0.1) is 0 Å². The molecule has 0 radical (unpaired) electrons. The van der Waals surface area contributed by atoms with Gasteiger partial charge >= 0.3 is 0 Å². The first-order valence-electron chi connectivity index (χ1n) is 8.18. The second-order valence-corrected chi connectivity index (χ2v) is 8.18. The van der Waals surface area contributed by atoms with Gasteiger partial charge in [-0.1, -0.05) is 30.3 Å². The molecule has 0 saturated carbocycles. The number of hydrogen-bond donors (Lipinski definition) is 0. The van der Waals surface area contributed by atoms with Crippen molar-refractivity contribution in [2.45, 2.75) is 19.6 Å². The van der Waals surface area contributed by atoms with Gasteiger partial charge in [-0.05, 0) is 36.8 Å². The van der Waals surface area contributed by atoms with Crippen LogP contribution < -0.4 is 9.04 Å². The minimum Gasteiger partial charge on any atom is -0.481 e.